The molecule has 3 aromatic rings. The van der Waals surface area contributed by atoms with Crippen molar-refractivity contribution >= 4 is 15.8 Å². The molecule has 32 heavy (non-hydrogen) atoms. The van der Waals surface area contributed by atoms with Gasteiger partial charge in [-0.1, -0.05) is 42.5 Å². The van der Waals surface area contributed by atoms with Crippen molar-refractivity contribution in [2.75, 3.05) is 18.4 Å². The van der Waals surface area contributed by atoms with Gasteiger partial charge >= 0.3 is 6.18 Å². The van der Waals surface area contributed by atoms with Crippen molar-refractivity contribution in [3.05, 3.63) is 78.5 Å². The highest BCUT2D eigenvalue weighted by atomic mass is 32.2. The molecule has 0 bridgehead atoms. The van der Waals surface area contributed by atoms with E-state index in [4.69, 9.17) is 0 Å². The first kappa shape index (κ1) is 22.3. The minimum absolute atomic E-state index is 0.0638. The molecule has 9 heteroatoms. The zero-order valence-electron chi connectivity index (χ0n) is 17.1. The zero-order valence-corrected chi connectivity index (χ0v) is 17.9. The number of alkyl halides is 3. The fourth-order valence-corrected chi connectivity index (χ4v) is 5.17. The molecule has 1 aromatic heterocycles. The van der Waals surface area contributed by atoms with Crippen molar-refractivity contribution in [3.8, 4) is 11.1 Å². The first-order valence-electron chi connectivity index (χ1n) is 10.2. The van der Waals surface area contributed by atoms with Gasteiger partial charge in [-0.05, 0) is 48.2 Å². The van der Waals surface area contributed by atoms with E-state index in [-0.39, 0.29) is 10.9 Å². The number of sulfonamides is 1. The molecule has 168 valence electrons. The molecule has 5 nitrogen and oxygen atoms in total. The predicted molar refractivity (Wildman–Crippen MR) is 117 cm³/mol. The van der Waals surface area contributed by atoms with Gasteiger partial charge in [-0.2, -0.15) is 17.5 Å². The van der Waals surface area contributed by atoms with Crippen LogP contribution >= 0.6 is 0 Å². The molecule has 1 aliphatic heterocycles. The average molecular weight is 462 g/mol. The van der Waals surface area contributed by atoms with Crippen molar-refractivity contribution in [2.45, 2.75) is 30.0 Å². The number of hydrogen-bond donors (Lipinski definition) is 1. The fraction of sp³-hybridized carbons (Fsp3) is 0.261. The van der Waals surface area contributed by atoms with Crippen LogP contribution in [0, 0.1) is 0 Å². The predicted octanol–water partition coefficient (Wildman–Crippen LogP) is 5.03. The van der Waals surface area contributed by atoms with Gasteiger partial charge < -0.3 is 5.32 Å². The Labute approximate surface area is 185 Å². The summed E-state index contributed by atoms with van der Waals surface area (Å²) in [5, 5.41) is 3.10. The molecule has 0 atom stereocenters. The van der Waals surface area contributed by atoms with Crippen LogP contribution in [0.3, 0.4) is 0 Å². The number of pyridine rings is 1. The molecule has 0 amide bonds. The monoisotopic (exact) mass is 461 g/mol. The summed E-state index contributed by atoms with van der Waals surface area (Å²) < 4.78 is 65.5. The lowest BCUT2D eigenvalue weighted by atomic mass is 10.1. The number of benzene rings is 2. The molecule has 1 N–H and O–H groups in total. The Morgan fingerprint density at radius 1 is 0.875 bits per heavy atom. The molecule has 1 saturated heterocycles. The SMILES string of the molecule is O=S(=O)(c1ccc(-c2ccccc2)cc1)N1CCC(Nc2ccc(C(F)(F)F)cn2)CC1. The Balaban J connectivity index is 1.37. The Morgan fingerprint density at radius 3 is 2.06 bits per heavy atom. The van der Waals surface area contributed by atoms with E-state index in [1.165, 1.54) is 10.4 Å². The minimum Gasteiger partial charge on any atom is -0.367 e. The maximum atomic E-state index is 13.0. The van der Waals surface area contributed by atoms with Crippen LogP contribution in [-0.2, 0) is 16.2 Å². The second-order valence-electron chi connectivity index (χ2n) is 7.64. The summed E-state index contributed by atoms with van der Waals surface area (Å²) >= 11 is 0. The summed E-state index contributed by atoms with van der Waals surface area (Å²) in [4.78, 5) is 4.07. The van der Waals surface area contributed by atoms with E-state index < -0.39 is 21.8 Å². The van der Waals surface area contributed by atoms with Crippen LogP contribution in [0.15, 0.2) is 77.8 Å². The van der Waals surface area contributed by atoms with Crippen molar-refractivity contribution in [3.63, 3.8) is 0 Å². The number of halogens is 3. The Morgan fingerprint density at radius 2 is 1.50 bits per heavy atom. The summed E-state index contributed by atoms with van der Waals surface area (Å²) in [6, 6.07) is 18.8. The van der Waals surface area contributed by atoms with Crippen molar-refractivity contribution in [2.24, 2.45) is 0 Å². The normalized spacial score (nSPS) is 16.1. The van der Waals surface area contributed by atoms with E-state index in [0.717, 1.165) is 23.4 Å². The number of nitrogens with zero attached hydrogens (tertiary/aromatic N) is 2. The highest BCUT2D eigenvalue weighted by molar-refractivity contribution is 7.89. The van der Waals surface area contributed by atoms with Crippen LogP contribution in [0.25, 0.3) is 11.1 Å². The lowest BCUT2D eigenvalue weighted by molar-refractivity contribution is -0.137. The van der Waals surface area contributed by atoms with E-state index in [1.54, 1.807) is 24.3 Å². The topological polar surface area (TPSA) is 62.3 Å². The van der Waals surface area contributed by atoms with Gasteiger partial charge in [-0.25, -0.2) is 13.4 Å². The largest absolute Gasteiger partial charge is 0.417 e. The van der Waals surface area contributed by atoms with E-state index >= 15 is 0 Å². The summed E-state index contributed by atoms with van der Waals surface area (Å²) in [5.41, 5.74) is 1.15. The number of rotatable bonds is 5. The van der Waals surface area contributed by atoms with Crippen molar-refractivity contribution in [1.82, 2.24) is 9.29 Å². The Hall–Kier alpha value is -2.91. The number of piperidine rings is 1. The number of nitrogens with one attached hydrogen (secondary N) is 1. The van der Waals surface area contributed by atoms with E-state index in [1.807, 2.05) is 30.3 Å². The third-order valence-corrected chi connectivity index (χ3v) is 7.41. The summed E-state index contributed by atoms with van der Waals surface area (Å²) in [6.45, 7) is 0.641. The quantitative estimate of drug-likeness (QED) is 0.579. The van der Waals surface area contributed by atoms with Gasteiger partial charge in [0.1, 0.15) is 5.82 Å². The highest BCUT2D eigenvalue weighted by Gasteiger charge is 2.31. The number of hydrogen-bond acceptors (Lipinski definition) is 4. The second kappa shape index (κ2) is 8.91. The van der Waals surface area contributed by atoms with Crippen molar-refractivity contribution < 1.29 is 21.6 Å². The van der Waals surface area contributed by atoms with Gasteiger partial charge in [0.2, 0.25) is 10.0 Å². The molecule has 0 spiro atoms. The van der Waals surface area contributed by atoms with Gasteiger partial charge in [0.15, 0.2) is 0 Å². The van der Waals surface area contributed by atoms with Crippen LogP contribution < -0.4 is 5.32 Å². The Bertz CT molecular complexity index is 1140. The lowest BCUT2D eigenvalue weighted by Gasteiger charge is -2.32. The molecule has 0 radical (unpaired) electrons. The summed E-state index contributed by atoms with van der Waals surface area (Å²) in [6.07, 6.45) is -2.57. The van der Waals surface area contributed by atoms with Gasteiger partial charge in [0, 0.05) is 25.3 Å². The third-order valence-electron chi connectivity index (χ3n) is 5.50. The lowest BCUT2D eigenvalue weighted by Crippen LogP contribution is -2.42. The van der Waals surface area contributed by atoms with Gasteiger partial charge in [0.25, 0.3) is 0 Å². The molecular formula is C23H22F3N3O2S. The standard InChI is InChI=1S/C23H22F3N3O2S/c24-23(25,26)19-8-11-22(27-16-19)28-20-12-14-29(15-13-20)32(30,31)21-9-6-18(7-10-21)17-4-2-1-3-5-17/h1-11,16,20H,12-15H2,(H,27,28). The molecular weight excluding hydrogens is 439 g/mol. The molecule has 1 fully saturated rings. The first-order chi connectivity index (χ1) is 15.2. The molecule has 0 saturated carbocycles. The minimum atomic E-state index is -4.43. The van der Waals surface area contributed by atoms with Gasteiger partial charge in [0.05, 0.1) is 10.5 Å². The smallest absolute Gasteiger partial charge is 0.367 e. The first-order valence-corrected chi connectivity index (χ1v) is 11.6. The molecule has 2 heterocycles. The summed E-state index contributed by atoms with van der Waals surface area (Å²) in [5.74, 6) is 0.343. The van der Waals surface area contributed by atoms with Crippen LogP contribution in [0.1, 0.15) is 18.4 Å². The fourth-order valence-electron chi connectivity index (χ4n) is 3.70. The maximum Gasteiger partial charge on any atom is 0.417 e. The maximum absolute atomic E-state index is 13.0. The molecule has 0 aliphatic carbocycles. The molecule has 2 aromatic carbocycles. The van der Waals surface area contributed by atoms with E-state index in [9.17, 15) is 21.6 Å². The summed E-state index contributed by atoms with van der Waals surface area (Å²) in [7, 11) is -3.61. The van der Waals surface area contributed by atoms with Crippen LogP contribution in [0.5, 0.6) is 0 Å². The van der Waals surface area contributed by atoms with E-state index in [0.29, 0.717) is 31.7 Å². The van der Waals surface area contributed by atoms with Crippen LogP contribution in [0.4, 0.5) is 19.0 Å². The zero-order chi connectivity index (χ0) is 22.8. The highest BCUT2D eigenvalue weighted by Crippen LogP contribution is 2.29. The number of anilines is 1. The third kappa shape index (κ3) is 4.94. The molecule has 4 rings (SSSR count). The van der Waals surface area contributed by atoms with Crippen LogP contribution in [-0.4, -0.2) is 36.8 Å². The van der Waals surface area contributed by atoms with Crippen molar-refractivity contribution in [1.29, 1.82) is 0 Å². The van der Waals surface area contributed by atoms with Crippen LogP contribution in [0.2, 0.25) is 0 Å². The number of aromatic nitrogens is 1. The van der Waals surface area contributed by atoms with Gasteiger partial charge in [-0.3, -0.25) is 0 Å². The molecule has 0 unspecified atom stereocenters. The second-order valence-corrected chi connectivity index (χ2v) is 9.58. The average Bonchev–Trinajstić information content (AvgIpc) is 2.80. The van der Waals surface area contributed by atoms with Gasteiger partial charge in [-0.15, -0.1) is 0 Å². The molecule has 1 aliphatic rings. The van der Waals surface area contributed by atoms with E-state index in [2.05, 4.69) is 10.3 Å². The Kier molecular flexibility index (Phi) is 6.21.